The van der Waals surface area contributed by atoms with Crippen LogP contribution in [0.3, 0.4) is 0 Å². The van der Waals surface area contributed by atoms with Crippen LogP contribution in [0.2, 0.25) is 0 Å². The molecule has 1 aromatic heterocycles. The summed E-state index contributed by atoms with van der Waals surface area (Å²) in [6, 6.07) is 9.66. The first-order valence-corrected chi connectivity index (χ1v) is 10.8. The van der Waals surface area contributed by atoms with Gasteiger partial charge in [0.05, 0.1) is 29.3 Å². The average molecular weight is 409 g/mol. The van der Waals surface area contributed by atoms with Crippen LogP contribution in [-0.4, -0.2) is 47.3 Å². The molecular weight excluding hydrogens is 380 g/mol. The number of morpholine rings is 1. The van der Waals surface area contributed by atoms with Crippen LogP contribution in [0.25, 0.3) is 11.0 Å². The molecule has 2 aromatic rings. The second-order valence-electron chi connectivity index (χ2n) is 8.34. The van der Waals surface area contributed by atoms with Gasteiger partial charge in [0.25, 0.3) is 0 Å². The van der Waals surface area contributed by atoms with Crippen LogP contribution in [0.5, 0.6) is 0 Å². The zero-order valence-electron chi connectivity index (χ0n) is 17.6. The van der Waals surface area contributed by atoms with Gasteiger partial charge in [0.1, 0.15) is 11.8 Å². The number of fused-ring (bicyclic) bond motifs is 1. The number of nitrogens with zero attached hydrogens (tertiary/aromatic N) is 4. The second-order valence-corrected chi connectivity index (χ2v) is 8.34. The van der Waals surface area contributed by atoms with Crippen LogP contribution in [0.1, 0.15) is 57.6 Å². The number of benzene rings is 1. The number of hydrogen-bond donors (Lipinski definition) is 0. The average Bonchev–Trinajstić information content (AvgIpc) is 2.74. The molecule has 2 fully saturated rings. The van der Waals surface area contributed by atoms with Gasteiger partial charge in [-0.1, -0.05) is 18.6 Å². The second kappa shape index (κ2) is 8.97. The van der Waals surface area contributed by atoms with Crippen LogP contribution in [0.15, 0.2) is 24.3 Å². The summed E-state index contributed by atoms with van der Waals surface area (Å²) in [6.45, 7) is 5.27. The third-order valence-corrected chi connectivity index (χ3v) is 5.77. The van der Waals surface area contributed by atoms with E-state index in [1.54, 1.807) is 0 Å². The van der Waals surface area contributed by atoms with E-state index in [1.807, 2.05) is 38.1 Å². The van der Waals surface area contributed by atoms with E-state index >= 15 is 0 Å². The molecule has 2 heterocycles. The topological polar surface area (TPSA) is 88.3 Å². The van der Waals surface area contributed by atoms with Gasteiger partial charge in [-0.2, -0.15) is 5.26 Å². The van der Waals surface area contributed by atoms with Gasteiger partial charge in [0.15, 0.2) is 11.7 Å². The Bertz CT molecular complexity index is 941. The van der Waals surface area contributed by atoms with E-state index < -0.39 is 11.9 Å². The number of ether oxygens (including phenoxy) is 2. The number of aromatic nitrogens is 2. The normalized spacial score (nSPS) is 23.7. The molecule has 7 heteroatoms. The number of rotatable bonds is 4. The minimum atomic E-state index is -1.10. The van der Waals surface area contributed by atoms with Gasteiger partial charge in [0, 0.05) is 13.1 Å². The number of anilines is 1. The van der Waals surface area contributed by atoms with Crippen LogP contribution in [0, 0.1) is 11.3 Å². The molecule has 1 aromatic carbocycles. The summed E-state index contributed by atoms with van der Waals surface area (Å²) in [6.07, 6.45) is 4.93. The van der Waals surface area contributed by atoms with E-state index in [0.29, 0.717) is 30.1 Å². The van der Waals surface area contributed by atoms with Gasteiger partial charge in [-0.15, -0.1) is 0 Å². The van der Waals surface area contributed by atoms with Crippen molar-refractivity contribution in [2.24, 2.45) is 0 Å². The first kappa shape index (κ1) is 20.5. The van der Waals surface area contributed by atoms with Crippen molar-refractivity contribution in [3.05, 3.63) is 30.0 Å². The number of carbonyl (C=O) groups excluding carboxylic acids is 1. The first-order chi connectivity index (χ1) is 14.5. The maximum atomic E-state index is 13.0. The van der Waals surface area contributed by atoms with Gasteiger partial charge in [-0.25, -0.2) is 9.97 Å². The predicted octanol–water partition coefficient (Wildman–Crippen LogP) is 3.73. The molecule has 1 saturated carbocycles. The highest BCUT2D eigenvalue weighted by Crippen LogP contribution is 2.31. The lowest BCUT2D eigenvalue weighted by molar-refractivity contribution is -0.150. The molecule has 2 aliphatic rings. The zero-order valence-corrected chi connectivity index (χ0v) is 17.6. The molecule has 7 nitrogen and oxygen atoms in total. The van der Waals surface area contributed by atoms with Crippen molar-refractivity contribution >= 4 is 22.8 Å². The molecular formula is C23H28N4O3. The van der Waals surface area contributed by atoms with Crippen molar-refractivity contribution in [3.63, 3.8) is 0 Å². The largest absolute Gasteiger partial charge is 0.461 e. The summed E-state index contributed by atoms with van der Waals surface area (Å²) in [4.78, 5) is 24.6. The molecule has 0 N–H and O–H groups in total. The smallest absolute Gasteiger partial charge is 0.329 e. The maximum absolute atomic E-state index is 13.0. The van der Waals surface area contributed by atoms with E-state index in [2.05, 4.69) is 11.0 Å². The Balaban J connectivity index is 1.71. The Morgan fingerprint density at radius 1 is 1.13 bits per heavy atom. The fourth-order valence-electron chi connectivity index (χ4n) is 4.42. The summed E-state index contributed by atoms with van der Waals surface area (Å²) in [5.74, 6) is -1.06. The zero-order chi connectivity index (χ0) is 21.1. The van der Waals surface area contributed by atoms with E-state index in [-0.39, 0.29) is 18.3 Å². The van der Waals surface area contributed by atoms with Crippen molar-refractivity contribution in [1.29, 1.82) is 5.26 Å². The lowest BCUT2D eigenvalue weighted by Gasteiger charge is -2.37. The minimum absolute atomic E-state index is 0.0181. The van der Waals surface area contributed by atoms with E-state index in [1.165, 1.54) is 6.42 Å². The standard InChI is InChI=1S/C23H28N4O3/c1-15-13-27(14-16(2)29-15)22-21(25-19-10-6-7-11-20(19)26-22)18(12-24)23(28)30-17-8-4-3-5-9-17/h6-7,10-11,15-18H,3-5,8-9,13-14H2,1-2H3/t15-,16-,18-/m1/s1. The van der Waals surface area contributed by atoms with Crippen molar-refractivity contribution in [2.75, 3.05) is 18.0 Å². The summed E-state index contributed by atoms with van der Waals surface area (Å²) in [7, 11) is 0. The highest BCUT2D eigenvalue weighted by atomic mass is 16.5. The number of carbonyl (C=O) groups is 1. The molecule has 3 atom stereocenters. The van der Waals surface area contributed by atoms with Gasteiger partial charge < -0.3 is 14.4 Å². The van der Waals surface area contributed by atoms with Gasteiger partial charge >= 0.3 is 5.97 Å². The Morgan fingerprint density at radius 3 is 2.40 bits per heavy atom. The highest BCUT2D eigenvalue weighted by molar-refractivity contribution is 5.85. The van der Waals surface area contributed by atoms with Crippen molar-refractivity contribution in [2.45, 2.75) is 70.2 Å². The monoisotopic (exact) mass is 408 g/mol. The summed E-state index contributed by atoms with van der Waals surface area (Å²) in [5, 5.41) is 9.92. The molecule has 158 valence electrons. The molecule has 0 radical (unpaired) electrons. The predicted molar refractivity (Wildman–Crippen MR) is 113 cm³/mol. The molecule has 1 aliphatic heterocycles. The van der Waals surface area contributed by atoms with Crippen molar-refractivity contribution < 1.29 is 14.3 Å². The first-order valence-electron chi connectivity index (χ1n) is 10.8. The van der Waals surface area contributed by atoms with Crippen LogP contribution in [-0.2, 0) is 14.3 Å². The molecule has 0 spiro atoms. The number of hydrogen-bond acceptors (Lipinski definition) is 7. The van der Waals surface area contributed by atoms with Crippen molar-refractivity contribution in [3.8, 4) is 6.07 Å². The number of esters is 1. The molecule has 1 saturated heterocycles. The molecule has 0 unspecified atom stereocenters. The molecule has 1 aliphatic carbocycles. The molecule has 4 rings (SSSR count). The molecule has 0 bridgehead atoms. The van der Waals surface area contributed by atoms with Crippen LogP contribution >= 0.6 is 0 Å². The maximum Gasteiger partial charge on any atom is 0.329 e. The van der Waals surface area contributed by atoms with Gasteiger partial charge in [-0.3, -0.25) is 4.79 Å². The lowest BCUT2D eigenvalue weighted by Crippen LogP contribution is -2.46. The number of nitriles is 1. The highest BCUT2D eigenvalue weighted by Gasteiger charge is 2.34. The quantitative estimate of drug-likeness (QED) is 0.712. The van der Waals surface area contributed by atoms with Gasteiger partial charge in [-0.05, 0) is 51.7 Å². The fraction of sp³-hybridized carbons (Fsp3) is 0.565. The van der Waals surface area contributed by atoms with E-state index in [4.69, 9.17) is 19.4 Å². The van der Waals surface area contributed by atoms with Crippen LogP contribution in [0.4, 0.5) is 5.82 Å². The minimum Gasteiger partial charge on any atom is -0.461 e. The van der Waals surface area contributed by atoms with Crippen molar-refractivity contribution in [1.82, 2.24) is 9.97 Å². The van der Waals surface area contributed by atoms with Gasteiger partial charge in [0.2, 0.25) is 0 Å². The SMILES string of the molecule is C[C@@H]1CN(c2nc3ccccc3nc2[C@@H](C#N)C(=O)OC2CCCCC2)C[C@@H](C)O1. The third kappa shape index (κ3) is 4.39. The third-order valence-electron chi connectivity index (χ3n) is 5.77. The Kier molecular flexibility index (Phi) is 6.14. The van der Waals surface area contributed by atoms with E-state index in [0.717, 1.165) is 31.2 Å². The lowest BCUT2D eigenvalue weighted by atomic mass is 9.97. The molecule has 0 amide bonds. The fourth-order valence-corrected chi connectivity index (χ4v) is 4.42. The summed E-state index contributed by atoms with van der Waals surface area (Å²) >= 11 is 0. The molecule has 30 heavy (non-hydrogen) atoms. The van der Waals surface area contributed by atoms with Crippen LogP contribution < -0.4 is 4.90 Å². The Hall–Kier alpha value is -2.72. The van der Waals surface area contributed by atoms with E-state index in [9.17, 15) is 10.1 Å². The summed E-state index contributed by atoms with van der Waals surface area (Å²) < 4.78 is 11.6. The Morgan fingerprint density at radius 2 is 1.77 bits per heavy atom. The summed E-state index contributed by atoms with van der Waals surface area (Å²) in [5.41, 5.74) is 1.77. The number of para-hydroxylation sites is 2. The Labute approximate surface area is 177 Å².